The predicted octanol–water partition coefficient (Wildman–Crippen LogP) is 0.831. The van der Waals surface area contributed by atoms with Crippen LogP contribution in [-0.2, 0) is 16.8 Å². The molecular formula is C13H20FN3O2S. The summed E-state index contributed by atoms with van der Waals surface area (Å²) in [6, 6.07) is 5.76. The minimum Gasteiger partial charge on any atom is -0.330 e. The van der Waals surface area contributed by atoms with Crippen LogP contribution in [-0.4, -0.2) is 32.4 Å². The van der Waals surface area contributed by atoms with Crippen LogP contribution >= 0.6 is 0 Å². The van der Waals surface area contributed by atoms with E-state index >= 15 is 0 Å². The van der Waals surface area contributed by atoms with E-state index < -0.39 is 10.2 Å². The number of rotatable bonds is 5. The van der Waals surface area contributed by atoms with Gasteiger partial charge in [-0.1, -0.05) is 12.1 Å². The van der Waals surface area contributed by atoms with Gasteiger partial charge in [0.25, 0.3) is 10.2 Å². The molecule has 1 atom stereocenters. The Labute approximate surface area is 119 Å². The number of nitrogens with two attached hydrogens (primary N) is 1. The average molecular weight is 301 g/mol. The molecule has 0 aromatic heterocycles. The molecule has 5 nitrogen and oxygen atoms in total. The Bertz CT molecular complexity index is 533. The van der Waals surface area contributed by atoms with Gasteiger partial charge in [0.2, 0.25) is 0 Å². The fourth-order valence-electron chi connectivity index (χ4n) is 2.31. The van der Waals surface area contributed by atoms with Crippen LogP contribution in [0.2, 0.25) is 0 Å². The van der Waals surface area contributed by atoms with Crippen LogP contribution in [0.5, 0.6) is 0 Å². The molecule has 0 bridgehead atoms. The van der Waals surface area contributed by atoms with E-state index in [-0.39, 0.29) is 18.3 Å². The highest BCUT2D eigenvalue weighted by Gasteiger charge is 2.27. The van der Waals surface area contributed by atoms with Gasteiger partial charge >= 0.3 is 0 Å². The first-order valence-electron chi connectivity index (χ1n) is 6.70. The zero-order chi connectivity index (χ0) is 14.6. The highest BCUT2D eigenvalue weighted by Crippen LogP contribution is 2.17. The molecule has 20 heavy (non-hydrogen) atoms. The van der Waals surface area contributed by atoms with E-state index in [1.165, 1.54) is 16.4 Å². The van der Waals surface area contributed by atoms with Gasteiger partial charge in [0.15, 0.2) is 0 Å². The summed E-state index contributed by atoms with van der Waals surface area (Å²) in [5.41, 5.74) is 6.33. The fourth-order valence-corrected chi connectivity index (χ4v) is 3.61. The first kappa shape index (κ1) is 15.4. The van der Waals surface area contributed by atoms with Crippen molar-refractivity contribution in [2.24, 2.45) is 11.7 Å². The summed E-state index contributed by atoms with van der Waals surface area (Å²) in [5.74, 6) is -0.107. The maximum Gasteiger partial charge on any atom is 0.279 e. The van der Waals surface area contributed by atoms with Crippen LogP contribution in [0.3, 0.4) is 0 Å². The first-order valence-corrected chi connectivity index (χ1v) is 8.14. The van der Waals surface area contributed by atoms with Crippen molar-refractivity contribution in [3.63, 3.8) is 0 Å². The molecule has 0 radical (unpaired) electrons. The summed E-state index contributed by atoms with van der Waals surface area (Å²) in [7, 11) is -3.50. The molecule has 1 aliphatic heterocycles. The Hall–Kier alpha value is -1.02. The molecule has 7 heteroatoms. The van der Waals surface area contributed by atoms with Gasteiger partial charge in [-0.15, -0.1) is 0 Å². The molecule has 0 amide bonds. The molecule has 1 aliphatic rings. The molecule has 3 N–H and O–H groups in total. The first-order chi connectivity index (χ1) is 9.51. The van der Waals surface area contributed by atoms with Gasteiger partial charge in [0, 0.05) is 19.6 Å². The summed E-state index contributed by atoms with van der Waals surface area (Å²) < 4.78 is 41.1. The van der Waals surface area contributed by atoms with Crippen molar-refractivity contribution in [2.45, 2.75) is 19.4 Å². The summed E-state index contributed by atoms with van der Waals surface area (Å²) in [6.45, 7) is 1.65. The van der Waals surface area contributed by atoms with Gasteiger partial charge in [-0.2, -0.15) is 17.4 Å². The molecule has 2 rings (SSSR count). The van der Waals surface area contributed by atoms with Crippen LogP contribution in [0.4, 0.5) is 4.39 Å². The number of piperidine rings is 1. The number of nitrogens with one attached hydrogen (secondary N) is 1. The quantitative estimate of drug-likeness (QED) is 0.846. The van der Waals surface area contributed by atoms with Crippen LogP contribution in [0.15, 0.2) is 24.3 Å². The third-order valence-electron chi connectivity index (χ3n) is 3.53. The minimum atomic E-state index is -3.50. The van der Waals surface area contributed by atoms with Crippen LogP contribution < -0.4 is 10.5 Å². The standard InChI is InChI=1S/C13H20FN3O2S/c14-13-5-3-11(4-6-13)9-16-20(18,19)17-7-1-2-12(8-15)10-17/h3-6,12,16H,1-2,7-10,15H2. The molecule has 0 saturated carbocycles. The smallest absolute Gasteiger partial charge is 0.279 e. The van der Waals surface area contributed by atoms with E-state index in [9.17, 15) is 12.8 Å². The second kappa shape index (κ2) is 6.62. The number of hydrogen-bond donors (Lipinski definition) is 2. The third kappa shape index (κ3) is 3.99. The highest BCUT2D eigenvalue weighted by atomic mass is 32.2. The lowest BCUT2D eigenvalue weighted by atomic mass is 10.0. The van der Waals surface area contributed by atoms with E-state index in [0.29, 0.717) is 19.6 Å². The van der Waals surface area contributed by atoms with Crippen molar-refractivity contribution in [1.82, 2.24) is 9.03 Å². The Morgan fingerprint density at radius 2 is 2.05 bits per heavy atom. The topological polar surface area (TPSA) is 75.4 Å². The van der Waals surface area contributed by atoms with Crippen LogP contribution in [0, 0.1) is 11.7 Å². The Morgan fingerprint density at radius 3 is 2.70 bits per heavy atom. The average Bonchev–Trinajstić information content (AvgIpc) is 2.47. The van der Waals surface area contributed by atoms with Crippen molar-refractivity contribution in [1.29, 1.82) is 0 Å². The molecule has 0 aliphatic carbocycles. The van der Waals surface area contributed by atoms with Crippen molar-refractivity contribution >= 4 is 10.2 Å². The SMILES string of the molecule is NCC1CCCN(S(=O)(=O)NCc2ccc(F)cc2)C1. The van der Waals surface area contributed by atoms with E-state index in [1.54, 1.807) is 12.1 Å². The molecular weight excluding hydrogens is 281 g/mol. The number of benzene rings is 1. The zero-order valence-electron chi connectivity index (χ0n) is 11.3. The summed E-state index contributed by atoms with van der Waals surface area (Å²) in [6.07, 6.45) is 1.81. The Kier molecular flexibility index (Phi) is 5.09. The maximum atomic E-state index is 12.8. The highest BCUT2D eigenvalue weighted by molar-refractivity contribution is 7.87. The molecule has 112 valence electrons. The monoisotopic (exact) mass is 301 g/mol. The van der Waals surface area contributed by atoms with Gasteiger partial charge in [0.1, 0.15) is 5.82 Å². The van der Waals surface area contributed by atoms with Gasteiger partial charge in [-0.3, -0.25) is 0 Å². The maximum absolute atomic E-state index is 12.8. The minimum absolute atomic E-state index is 0.159. The molecule has 1 unspecified atom stereocenters. The van der Waals surface area contributed by atoms with Crippen molar-refractivity contribution in [2.75, 3.05) is 19.6 Å². The summed E-state index contributed by atoms with van der Waals surface area (Å²) in [4.78, 5) is 0. The fraction of sp³-hybridized carbons (Fsp3) is 0.538. The van der Waals surface area contributed by atoms with E-state index in [0.717, 1.165) is 18.4 Å². The molecule has 1 fully saturated rings. The molecule has 1 aromatic carbocycles. The van der Waals surface area contributed by atoms with E-state index in [4.69, 9.17) is 5.73 Å². The lowest BCUT2D eigenvalue weighted by Crippen LogP contribution is -2.47. The van der Waals surface area contributed by atoms with Crippen LogP contribution in [0.25, 0.3) is 0 Å². The molecule has 1 saturated heterocycles. The molecule has 0 spiro atoms. The number of nitrogens with zero attached hydrogens (tertiary/aromatic N) is 1. The zero-order valence-corrected chi connectivity index (χ0v) is 12.1. The van der Waals surface area contributed by atoms with Crippen molar-refractivity contribution < 1.29 is 12.8 Å². The predicted molar refractivity (Wildman–Crippen MR) is 75.5 cm³/mol. The second-order valence-electron chi connectivity index (χ2n) is 5.05. The number of hydrogen-bond acceptors (Lipinski definition) is 3. The third-order valence-corrected chi connectivity index (χ3v) is 5.05. The van der Waals surface area contributed by atoms with Gasteiger partial charge in [-0.05, 0) is 43.0 Å². The van der Waals surface area contributed by atoms with Gasteiger partial charge in [0.05, 0.1) is 0 Å². The Morgan fingerprint density at radius 1 is 1.35 bits per heavy atom. The Balaban J connectivity index is 1.95. The van der Waals surface area contributed by atoms with Gasteiger partial charge in [-0.25, -0.2) is 4.39 Å². The second-order valence-corrected chi connectivity index (χ2v) is 6.81. The van der Waals surface area contributed by atoms with E-state index in [1.807, 2.05) is 0 Å². The van der Waals surface area contributed by atoms with Crippen molar-refractivity contribution in [3.8, 4) is 0 Å². The van der Waals surface area contributed by atoms with E-state index in [2.05, 4.69) is 4.72 Å². The van der Waals surface area contributed by atoms with Gasteiger partial charge < -0.3 is 5.73 Å². The lowest BCUT2D eigenvalue weighted by Gasteiger charge is -2.31. The lowest BCUT2D eigenvalue weighted by molar-refractivity contribution is 0.268. The summed E-state index contributed by atoms with van der Waals surface area (Å²) >= 11 is 0. The molecule has 1 heterocycles. The number of halogens is 1. The molecule has 1 aromatic rings. The van der Waals surface area contributed by atoms with Crippen molar-refractivity contribution in [3.05, 3.63) is 35.6 Å². The van der Waals surface area contributed by atoms with Crippen LogP contribution in [0.1, 0.15) is 18.4 Å². The normalized spacial score (nSPS) is 21.0. The largest absolute Gasteiger partial charge is 0.330 e. The summed E-state index contributed by atoms with van der Waals surface area (Å²) in [5, 5.41) is 0.